The van der Waals surface area contributed by atoms with E-state index in [1.807, 2.05) is 36.4 Å². The smallest absolute Gasteiger partial charge is 0.165 e. The molecule has 0 fully saturated rings. The lowest BCUT2D eigenvalue weighted by Gasteiger charge is -2.28. The van der Waals surface area contributed by atoms with Crippen LogP contribution in [0.1, 0.15) is 23.5 Å². The first-order valence-electron chi connectivity index (χ1n) is 22.0. The van der Waals surface area contributed by atoms with Gasteiger partial charge in [-0.25, -0.2) is 15.0 Å². The van der Waals surface area contributed by atoms with E-state index in [0.29, 0.717) is 17.5 Å². The molecule has 0 saturated heterocycles. The number of aromatic nitrogens is 3. The number of nitrogens with zero attached hydrogens (tertiary/aromatic N) is 3. The maximum Gasteiger partial charge on any atom is 0.165 e. The van der Waals surface area contributed by atoms with Crippen molar-refractivity contribution in [1.82, 2.24) is 15.0 Å². The van der Waals surface area contributed by atoms with Crippen LogP contribution in [0.4, 0.5) is 0 Å². The number of benzene rings is 9. The molecule has 3 nitrogen and oxygen atoms in total. The largest absolute Gasteiger partial charge is 0.208 e. The van der Waals surface area contributed by atoms with E-state index >= 15 is 0 Å². The molecule has 11 rings (SSSR count). The van der Waals surface area contributed by atoms with Crippen molar-refractivity contribution in [2.45, 2.75) is 12.3 Å². The van der Waals surface area contributed by atoms with Gasteiger partial charge in [0.05, 0.1) is 0 Å². The molecule has 0 bridgehead atoms. The third-order valence-corrected chi connectivity index (χ3v) is 12.3. The second kappa shape index (κ2) is 17.2. The summed E-state index contributed by atoms with van der Waals surface area (Å²) in [6.45, 7) is 0. The maximum absolute atomic E-state index is 5.29. The van der Waals surface area contributed by atoms with Crippen LogP contribution in [0, 0.1) is 0 Å². The second-order valence-corrected chi connectivity index (χ2v) is 16.2. The van der Waals surface area contributed by atoms with Crippen LogP contribution in [0.25, 0.3) is 95.0 Å². The molecule has 1 aliphatic carbocycles. The summed E-state index contributed by atoms with van der Waals surface area (Å²) in [4.78, 5) is 15.6. The highest BCUT2D eigenvalue weighted by Gasteiger charge is 2.28. The summed E-state index contributed by atoms with van der Waals surface area (Å²) in [6.07, 6.45) is 7.97. The van der Waals surface area contributed by atoms with Gasteiger partial charge in [-0.1, -0.05) is 237 Å². The molecule has 0 spiro atoms. The number of allylic oxidation sites excluding steroid dienone is 4. The van der Waals surface area contributed by atoms with Gasteiger partial charge < -0.3 is 0 Å². The second-order valence-electron chi connectivity index (χ2n) is 16.2. The van der Waals surface area contributed by atoms with E-state index in [1.165, 1.54) is 50.1 Å². The third kappa shape index (κ3) is 7.44. The summed E-state index contributed by atoms with van der Waals surface area (Å²) >= 11 is 0. The summed E-state index contributed by atoms with van der Waals surface area (Å²) in [5, 5.41) is 2.22. The SMILES string of the molecule is C1=CC(c2ccc3ccccc3c2-c2nc(-c3ccccc3)nc(-c3ccccc3)n2)=CC(c2cc(-c3ccccc3)c(-c3ccccc3)c(-c3ccccc3)c2-c2ccccc2)C1. The molecular formula is C61H43N3. The van der Waals surface area contributed by atoms with Crippen LogP contribution in [0.15, 0.2) is 243 Å². The fourth-order valence-electron chi connectivity index (χ4n) is 9.31. The van der Waals surface area contributed by atoms with Gasteiger partial charge in [-0.15, -0.1) is 0 Å². The first kappa shape index (κ1) is 38.6. The van der Waals surface area contributed by atoms with Gasteiger partial charge in [0.1, 0.15) is 0 Å². The van der Waals surface area contributed by atoms with Gasteiger partial charge in [-0.05, 0) is 84.5 Å². The average Bonchev–Trinajstić information content (AvgIpc) is 3.39. The molecule has 1 atom stereocenters. The molecule has 0 aliphatic heterocycles. The normalized spacial score (nSPS) is 13.4. The van der Waals surface area contributed by atoms with Crippen molar-refractivity contribution in [2.75, 3.05) is 0 Å². The molecule has 302 valence electrons. The highest BCUT2D eigenvalue weighted by molar-refractivity contribution is 6.05. The van der Waals surface area contributed by atoms with Crippen molar-refractivity contribution in [1.29, 1.82) is 0 Å². The Morgan fingerprint density at radius 2 is 0.797 bits per heavy atom. The van der Waals surface area contributed by atoms with Gasteiger partial charge in [0, 0.05) is 22.6 Å². The van der Waals surface area contributed by atoms with Gasteiger partial charge in [0.2, 0.25) is 0 Å². The van der Waals surface area contributed by atoms with Crippen LogP contribution < -0.4 is 0 Å². The fraction of sp³-hybridized carbons (Fsp3) is 0.0328. The Morgan fingerprint density at radius 1 is 0.344 bits per heavy atom. The predicted molar refractivity (Wildman–Crippen MR) is 266 cm³/mol. The van der Waals surface area contributed by atoms with Crippen molar-refractivity contribution >= 4 is 16.3 Å². The number of rotatable bonds is 9. The van der Waals surface area contributed by atoms with Crippen LogP contribution >= 0.6 is 0 Å². The Hall–Kier alpha value is -8.27. The van der Waals surface area contributed by atoms with Gasteiger partial charge in [0.15, 0.2) is 17.5 Å². The molecule has 0 N–H and O–H groups in total. The molecule has 1 heterocycles. The molecule has 9 aromatic carbocycles. The molecule has 1 aromatic heterocycles. The first-order valence-corrected chi connectivity index (χ1v) is 22.0. The maximum atomic E-state index is 5.29. The van der Waals surface area contributed by atoms with Gasteiger partial charge >= 0.3 is 0 Å². The van der Waals surface area contributed by atoms with E-state index in [-0.39, 0.29) is 5.92 Å². The Morgan fingerprint density at radius 3 is 1.36 bits per heavy atom. The van der Waals surface area contributed by atoms with Crippen molar-refractivity contribution in [3.8, 4) is 78.7 Å². The molecule has 0 saturated carbocycles. The Labute approximate surface area is 374 Å². The average molecular weight is 818 g/mol. The Balaban J connectivity index is 1.18. The summed E-state index contributed by atoms with van der Waals surface area (Å²) in [6, 6.07) is 79.7. The molecule has 10 aromatic rings. The monoisotopic (exact) mass is 817 g/mol. The zero-order chi connectivity index (χ0) is 42.7. The van der Waals surface area contributed by atoms with Crippen LogP contribution in [0.2, 0.25) is 0 Å². The van der Waals surface area contributed by atoms with Gasteiger partial charge in [-0.2, -0.15) is 0 Å². The zero-order valence-corrected chi connectivity index (χ0v) is 35.2. The standard InChI is InChI=1S/C61H43N3/c1-7-22-42(23-8-1)53-41-54(56(45-27-11-3-12-28-45)57(46-29-13-4-14-30-46)55(53)44-25-9-2-10-26-44)50-36-21-35-49(40-50)52-39-38-43-24-19-20-37-51(43)58(52)61-63-59(47-31-15-5-16-32-47)62-60(64-61)48-33-17-6-18-34-48/h1-35,37-41,50H,36H2. The van der Waals surface area contributed by atoms with E-state index in [1.54, 1.807) is 0 Å². The highest BCUT2D eigenvalue weighted by Crippen LogP contribution is 2.51. The molecule has 1 aliphatic rings. The van der Waals surface area contributed by atoms with Gasteiger partial charge in [0.25, 0.3) is 0 Å². The fourth-order valence-corrected chi connectivity index (χ4v) is 9.31. The van der Waals surface area contributed by atoms with E-state index < -0.39 is 0 Å². The van der Waals surface area contributed by atoms with E-state index in [0.717, 1.165) is 45.0 Å². The minimum absolute atomic E-state index is 0.0439. The van der Waals surface area contributed by atoms with Gasteiger partial charge in [-0.3, -0.25) is 0 Å². The summed E-state index contributed by atoms with van der Waals surface area (Å²) in [7, 11) is 0. The molecule has 0 amide bonds. The van der Waals surface area contributed by atoms with Crippen LogP contribution in [-0.4, -0.2) is 15.0 Å². The van der Waals surface area contributed by atoms with Crippen molar-refractivity contribution < 1.29 is 0 Å². The minimum Gasteiger partial charge on any atom is -0.208 e. The van der Waals surface area contributed by atoms with Crippen molar-refractivity contribution in [2.24, 2.45) is 0 Å². The van der Waals surface area contributed by atoms with Crippen molar-refractivity contribution in [3.63, 3.8) is 0 Å². The van der Waals surface area contributed by atoms with Crippen LogP contribution in [0.5, 0.6) is 0 Å². The Kier molecular flexibility index (Phi) is 10.4. The molecular weight excluding hydrogens is 775 g/mol. The quantitative estimate of drug-likeness (QED) is 0.146. The number of hydrogen-bond acceptors (Lipinski definition) is 3. The van der Waals surface area contributed by atoms with E-state index in [2.05, 4.69) is 206 Å². The zero-order valence-electron chi connectivity index (χ0n) is 35.2. The highest BCUT2D eigenvalue weighted by atomic mass is 15.0. The van der Waals surface area contributed by atoms with Crippen LogP contribution in [0.3, 0.4) is 0 Å². The molecule has 0 radical (unpaired) electrons. The number of fused-ring (bicyclic) bond motifs is 1. The lowest BCUT2D eigenvalue weighted by molar-refractivity contribution is 0.860. The van der Waals surface area contributed by atoms with Crippen LogP contribution in [-0.2, 0) is 0 Å². The first-order chi connectivity index (χ1) is 31.8. The summed E-state index contributed by atoms with van der Waals surface area (Å²) in [5.74, 6) is 1.97. The minimum atomic E-state index is 0.0439. The van der Waals surface area contributed by atoms with E-state index in [4.69, 9.17) is 15.0 Å². The molecule has 3 heteroatoms. The predicted octanol–water partition coefficient (Wildman–Crippen LogP) is 15.8. The summed E-state index contributed by atoms with van der Waals surface area (Å²) in [5.41, 5.74) is 16.0. The molecule has 64 heavy (non-hydrogen) atoms. The number of hydrogen-bond donors (Lipinski definition) is 0. The molecule has 1 unspecified atom stereocenters. The topological polar surface area (TPSA) is 38.7 Å². The Bertz CT molecular complexity index is 3250. The summed E-state index contributed by atoms with van der Waals surface area (Å²) < 4.78 is 0. The van der Waals surface area contributed by atoms with Crippen molar-refractivity contribution in [3.05, 3.63) is 254 Å². The van der Waals surface area contributed by atoms with E-state index in [9.17, 15) is 0 Å². The lowest BCUT2D eigenvalue weighted by Crippen LogP contribution is -2.07. The third-order valence-electron chi connectivity index (χ3n) is 12.3. The lowest BCUT2D eigenvalue weighted by atomic mass is 9.75.